The van der Waals surface area contributed by atoms with Gasteiger partial charge in [0.1, 0.15) is 5.69 Å². The normalized spacial score (nSPS) is 15.5. The SMILES string of the molecule is Cc1nc(C)c(-c2ccc(=O)n(CCNC(=O)C3(c4cccs4)CCCC3)n2)s1. The van der Waals surface area contributed by atoms with E-state index in [1.165, 1.54) is 10.7 Å². The van der Waals surface area contributed by atoms with Crippen LogP contribution in [0.3, 0.4) is 0 Å². The van der Waals surface area contributed by atoms with E-state index in [2.05, 4.69) is 21.5 Å². The Morgan fingerprint density at radius 1 is 1.24 bits per heavy atom. The summed E-state index contributed by atoms with van der Waals surface area (Å²) in [7, 11) is 0. The number of nitrogens with zero attached hydrogens (tertiary/aromatic N) is 3. The van der Waals surface area contributed by atoms with E-state index >= 15 is 0 Å². The summed E-state index contributed by atoms with van der Waals surface area (Å²) < 4.78 is 1.43. The van der Waals surface area contributed by atoms with Gasteiger partial charge in [-0.3, -0.25) is 9.59 Å². The molecule has 0 unspecified atom stereocenters. The van der Waals surface area contributed by atoms with Gasteiger partial charge in [-0.2, -0.15) is 5.10 Å². The van der Waals surface area contributed by atoms with Gasteiger partial charge >= 0.3 is 0 Å². The molecule has 1 saturated carbocycles. The predicted octanol–water partition coefficient (Wildman–Crippen LogP) is 3.67. The topological polar surface area (TPSA) is 76.9 Å². The molecular formula is C21H24N4O2S2. The Bertz CT molecular complexity index is 1060. The first-order valence-corrected chi connectivity index (χ1v) is 11.5. The molecule has 1 fully saturated rings. The average Bonchev–Trinajstić information content (AvgIpc) is 3.44. The van der Waals surface area contributed by atoms with E-state index in [0.717, 1.165) is 51.8 Å². The van der Waals surface area contributed by atoms with Gasteiger partial charge < -0.3 is 5.32 Å². The van der Waals surface area contributed by atoms with Crippen LogP contribution in [0.5, 0.6) is 0 Å². The molecule has 4 rings (SSSR count). The number of nitrogens with one attached hydrogen (secondary N) is 1. The highest BCUT2D eigenvalue weighted by Gasteiger charge is 2.43. The molecule has 152 valence electrons. The van der Waals surface area contributed by atoms with Crippen molar-refractivity contribution in [3.05, 3.63) is 55.6 Å². The average molecular weight is 429 g/mol. The molecule has 3 heterocycles. The molecule has 3 aromatic rings. The summed E-state index contributed by atoms with van der Waals surface area (Å²) in [5, 5.41) is 10.6. The van der Waals surface area contributed by atoms with Crippen LogP contribution in [0.4, 0.5) is 0 Å². The summed E-state index contributed by atoms with van der Waals surface area (Å²) in [6.07, 6.45) is 3.91. The molecular weight excluding hydrogens is 404 g/mol. The van der Waals surface area contributed by atoms with Gasteiger partial charge in [-0.05, 0) is 44.2 Å². The van der Waals surface area contributed by atoms with Crippen LogP contribution < -0.4 is 10.9 Å². The second-order valence-electron chi connectivity index (χ2n) is 7.45. The molecule has 1 aliphatic rings. The largest absolute Gasteiger partial charge is 0.353 e. The van der Waals surface area contributed by atoms with Gasteiger partial charge in [0.05, 0.1) is 27.5 Å². The Hall–Kier alpha value is -2.32. The number of hydrogen-bond donors (Lipinski definition) is 1. The van der Waals surface area contributed by atoms with Gasteiger partial charge in [-0.15, -0.1) is 22.7 Å². The third kappa shape index (κ3) is 3.91. The van der Waals surface area contributed by atoms with E-state index in [9.17, 15) is 9.59 Å². The lowest BCUT2D eigenvalue weighted by atomic mass is 9.83. The van der Waals surface area contributed by atoms with E-state index in [1.54, 1.807) is 28.7 Å². The molecule has 1 amide bonds. The molecule has 0 bridgehead atoms. The molecule has 0 atom stereocenters. The maximum Gasteiger partial charge on any atom is 0.266 e. The predicted molar refractivity (Wildman–Crippen MR) is 117 cm³/mol. The Morgan fingerprint density at radius 3 is 2.69 bits per heavy atom. The number of rotatable bonds is 6. The van der Waals surface area contributed by atoms with Crippen molar-refractivity contribution in [2.75, 3.05) is 6.54 Å². The third-order valence-corrected chi connectivity index (χ3v) is 7.67. The minimum Gasteiger partial charge on any atom is -0.353 e. The fourth-order valence-electron chi connectivity index (χ4n) is 4.06. The van der Waals surface area contributed by atoms with Crippen LogP contribution in [0.25, 0.3) is 10.6 Å². The molecule has 6 nitrogen and oxygen atoms in total. The van der Waals surface area contributed by atoms with Crippen molar-refractivity contribution in [2.24, 2.45) is 0 Å². The van der Waals surface area contributed by atoms with Gasteiger partial charge in [0.25, 0.3) is 5.56 Å². The summed E-state index contributed by atoms with van der Waals surface area (Å²) in [5.74, 6) is 0.0654. The van der Waals surface area contributed by atoms with Gasteiger partial charge in [-0.1, -0.05) is 18.9 Å². The van der Waals surface area contributed by atoms with Crippen molar-refractivity contribution in [3.8, 4) is 10.6 Å². The van der Waals surface area contributed by atoms with E-state index in [0.29, 0.717) is 13.1 Å². The lowest BCUT2D eigenvalue weighted by Gasteiger charge is -2.26. The molecule has 3 aromatic heterocycles. The molecule has 29 heavy (non-hydrogen) atoms. The van der Waals surface area contributed by atoms with E-state index in [-0.39, 0.29) is 11.5 Å². The van der Waals surface area contributed by atoms with Crippen molar-refractivity contribution >= 4 is 28.6 Å². The zero-order chi connectivity index (χ0) is 20.4. The zero-order valence-electron chi connectivity index (χ0n) is 16.6. The molecule has 1 N–H and O–H groups in total. The molecule has 0 saturated heterocycles. The summed E-state index contributed by atoms with van der Waals surface area (Å²) in [6.45, 7) is 4.62. The zero-order valence-corrected chi connectivity index (χ0v) is 18.2. The molecule has 0 spiro atoms. The van der Waals surface area contributed by atoms with Crippen LogP contribution >= 0.6 is 22.7 Å². The third-order valence-electron chi connectivity index (χ3n) is 5.50. The fourth-order valence-corrected chi connectivity index (χ4v) is 5.93. The van der Waals surface area contributed by atoms with Crippen LogP contribution in [-0.4, -0.2) is 27.2 Å². The molecule has 0 aliphatic heterocycles. The Morgan fingerprint density at radius 2 is 2.03 bits per heavy atom. The van der Waals surface area contributed by atoms with Crippen LogP contribution in [0.15, 0.2) is 34.4 Å². The minimum absolute atomic E-state index is 0.0654. The van der Waals surface area contributed by atoms with Crippen LogP contribution in [-0.2, 0) is 16.8 Å². The Kier molecular flexibility index (Phi) is 5.65. The van der Waals surface area contributed by atoms with E-state index in [4.69, 9.17) is 0 Å². The van der Waals surface area contributed by atoms with E-state index in [1.807, 2.05) is 25.3 Å². The number of amides is 1. The van der Waals surface area contributed by atoms with Crippen molar-refractivity contribution < 1.29 is 4.79 Å². The first kappa shape index (κ1) is 20.0. The first-order valence-electron chi connectivity index (χ1n) is 9.84. The number of thiazole rings is 1. The number of aromatic nitrogens is 3. The van der Waals surface area contributed by atoms with Crippen LogP contribution in [0.2, 0.25) is 0 Å². The smallest absolute Gasteiger partial charge is 0.266 e. The summed E-state index contributed by atoms with van der Waals surface area (Å²) in [5.41, 5.74) is 1.07. The number of carbonyl (C=O) groups is 1. The number of thiophene rings is 1. The summed E-state index contributed by atoms with van der Waals surface area (Å²) in [4.78, 5) is 31.9. The van der Waals surface area contributed by atoms with Crippen LogP contribution in [0.1, 0.15) is 41.3 Å². The quantitative estimate of drug-likeness (QED) is 0.650. The van der Waals surface area contributed by atoms with Gasteiger partial charge in [0.15, 0.2) is 0 Å². The van der Waals surface area contributed by atoms with Gasteiger partial charge in [-0.25, -0.2) is 9.67 Å². The first-order chi connectivity index (χ1) is 14.0. The number of hydrogen-bond acceptors (Lipinski definition) is 6. The van der Waals surface area contributed by atoms with Crippen molar-refractivity contribution in [1.29, 1.82) is 0 Å². The highest BCUT2D eigenvalue weighted by atomic mass is 32.1. The lowest BCUT2D eigenvalue weighted by Crippen LogP contribution is -2.43. The second-order valence-corrected chi connectivity index (χ2v) is 9.60. The Balaban J connectivity index is 1.47. The van der Waals surface area contributed by atoms with E-state index < -0.39 is 5.41 Å². The number of carbonyl (C=O) groups excluding carboxylic acids is 1. The fraction of sp³-hybridized carbons (Fsp3) is 0.429. The monoisotopic (exact) mass is 428 g/mol. The minimum atomic E-state index is -0.411. The Labute approximate surface area is 177 Å². The van der Waals surface area contributed by atoms with Crippen molar-refractivity contribution in [3.63, 3.8) is 0 Å². The second kappa shape index (κ2) is 8.20. The highest BCUT2D eigenvalue weighted by Crippen LogP contribution is 2.43. The standard InChI is InChI=1S/C21H24N4O2S2/c1-14-19(29-15(2)23-14)16-7-8-18(26)25(24-16)12-11-22-20(27)21(9-3-4-10-21)17-6-5-13-28-17/h5-8,13H,3-4,9-12H2,1-2H3,(H,22,27). The van der Waals surface area contributed by atoms with Crippen LogP contribution in [0, 0.1) is 13.8 Å². The highest BCUT2D eigenvalue weighted by molar-refractivity contribution is 7.15. The molecule has 8 heteroatoms. The molecule has 1 aliphatic carbocycles. The number of aryl methyl sites for hydroxylation is 2. The maximum absolute atomic E-state index is 13.1. The van der Waals surface area contributed by atoms with Gasteiger partial charge in [0, 0.05) is 17.5 Å². The van der Waals surface area contributed by atoms with Crippen molar-refractivity contribution in [2.45, 2.75) is 51.5 Å². The van der Waals surface area contributed by atoms with Gasteiger partial charge in [0.2, 0.25) is 5.91 Å². The molecule has 0 radical (unpaired) electrons. The summed E-state index contributed by atoms with van der Waals surface area (Å²) >= 11 is 3.22. The summed E-state index contributed by atoms with van der Waals surface area (Å²) in [6, 6.07) is 7.33. The lowest BCUT2D eigenvalue weighted by molar-refractivity contribution is -0.126. The molecule has 0 aromatic carbocycles. The maximum atomic E-state index is 13.1. The van der Waals surface area contributed by atoms with Crippen molar-refractivity contribution in [1.82, 2.24) is 20.1 Å².